The SMILES string of the molecule is Cc1c(C)c(C(=O)O)c2c(C(=O)O)c(C)c(C)c(C(=O)O)c2c1C(=O)O. The Kier molecular flexibility index (Phi) is 4.47. The molecule has 0 spiro atoms. The largest absolute Gasteiger partial charge is 0.478 e. The van der Waals surface area contributed by atoms with Crippen LogP contribution in [-0.4, -0.2) is 44.3 Å². The first kappa shape index (κ1) is 18.9. The van der Waals surface area contributed by atoms with Gasteiger partial charge in [0.2, 0.25) is 0 Å². The van der Waals surface area contributed by atoms with Crippen molar-refractivity contribution in [3.63, 3.8) is 0 Å². The average molecular weight is 360 g/mol. The summed E-state index contributed by atoms with van der Waals surface area (Å²) >= 11 is 0. The molecular formula is C18H16O8. The summed E-state index contributed by atoms with van der Waals surface area (Å²) in [4.78, 5) is 47.3. The zero-order valence-electron chi connectivity index (χ0n) is 14.4. The molecule has 0 fully saturated rings. The Hall–Kier alpha value is -3.42. The van der Waals surface area contributed by atoms with Crippen LogP contribution in [-0.2, 0) is 0 Å². The van der Waals surface area contributed by atoms with Gasteiger partial charge in [-0.1, -0.05) is 0 Å². The molecule has 26 heavy (non-hydrogen) atoms. The molecule has 136 valence electrons. The number of fused-ring (bicyclic) bond motifs is 1. The first-order chi connectivity index (χ1) is 11.9. The monoisotopic (exact) mass is 360 g/mol. The van der Waals surface area contributed by atoms with E-state index in [-0.39, 0.29) is 33.0 Å². The van der Waals surface area contributed by atoms with Crippen molar-refractivity contribution in [1.29, 1.82) is 0 Å². The minimum atomic E-state index is -1.46. The number of hydrogen-bond acceptors (Lipinski definition) is 4. The van der Waals surface area contributed by atoms with Crippen LogP contribution >= 0.6 is 0 Å². The molecule has 0 aliphatic carbocycles. The van der Waals surface area contributed by atoms with Crippen molar-refractivity contribution in [3.8, 4) is 0 Å². The molecule has 0 saturated heterocycles. The zero-order chi connectivity index (χ0) is 20.1. The Morgan fingerprint density at radius 2 is 0.615 bits per heavy atom. The summed E-state index contributed by atoms with van der Waals surface area (Å²) in [6, 6.07) is 0. The van der Waals surface area contributed by atoms with Crippen molar-refractivity contribution in [1.82, 2.24) is 0 Å². The molecule has 0 atom stereocenters. The standard InChI is InChI=1S/C18H16O8/c1-5-6(2)10(16(21)22)14-12(18(25)26)8(4)7(3)11(17(23)24)13(14)9(5)15(19)20/h1-4H3,(H,19,20)(H,21,22)(H,23,24)(H,25,26). The van der Waals surface area contributed by atoms with Crippen LogP contribution in [0.5, 0.6) is 0 Å². The summed E-state index contributed by atoms with van der Waals surface area (Å²) in [6.07, 6.45) is 0. The molecule has 2 aromatic rings. The Labute approximate surface area is 147 Å². The summed E-state index contributed by atoms with van der Waals surface area (Å²) in [7, 11) is 0. The minimum Gasteiger partial charge on any atom is -0.478 e. The lowest BCUT2D eigenvalue weighted by Gasteiger charge is -2.21. The predicted octanol–water partition coefficient (Wildman–Crippen LogP) is 2.87. The number of benzene rings is 2. The highest BCUT2D eigenvalue weighted by atomic mass is 16.4. The maximum absolute atomic E-state index is 11.8. The van der Waals surface area contributed by atoms with Gasteiger partial charge >= 0.3 is 23.9 Å². The lowest BCUT2D eigenvalue weighted by Crippen LogP contribution is -2.17. The Balaban J connectivity index is 3.51. The van der Waals surface area contributed by atoms with Gasteiger partial charge in [-0.2, -0.15) is 0 Å². The van der Waals surface area contributed by atoms with E-state index in [0.717, 1.165) is 0 Å². The van der Waals surface area contributed by atoms with Crippen LogP contribution in [0.4, 0.5) is 0 Å². The lowest BCUT2D eigenvalue weighted by atomic mass is 9.82. The smallest absolute Gasteiger partial charge is 0.336 e. The van der Waals surface area contributed by atoms with Crippen LogP contribution in [0.3, 0.4) is 0 Å². The fourth-order valence-corrected chi connectivity index (χ4v) is 3.32. The van der Waals surface area contributed by atoms with E-state index in [4.69, 9.17) is 0 Å². The van der Waals surface area contributed by atoms with Crippen molar-refractivity contribution in [2.45, 2.75) is 27.7 Å². The number of aromatic carboxylic acids is 4. The number of hydrogen-bond donors (Lipinski definition) is 4. The van der Waals surface area contributed by atoms with Gasteiger partial charge in [0.05, 0.1) is 22.3 Å². The van der Waals surface area contributed by atoms with Gasteiger partial charge in [-0.3, -0.25) is 0 Å². The number of carboxylic acid groups (broad SMARTS) is 4. The van der Waals surface area contributed by atoms with E-state index < -0.39 is 46.1 Å². The predicted molar refractivity (Wildman–Crippen MR) is 90.7 cm³/mol. The molecule has 0 radical (unpaired) electrons. The van der Waals surface area contributed by atoms with E-state index in [1.165, 1.54) is 27.7 Å². The van der Waals surface area contributed by atoms with Gasteiger partial charge in [0.1, 0.15) is 0 Å². The normalized spacial score (nSPS) is 10.8. The quantitative estimate of drug-likeness (QED) is 0.650. The fraction of sp³-hybridized carbons (Fsp3) is 0.222. The fourth-order valence-electron chi connectivity index (χ4n) is 3.32. The van der Waals surface area contributed by atoms with Crippen LogP contribution in [0.25, 0.3) is 10.8 Å². The van der Waals surface area contributed by atoms with E-state index in [0.29, 0.717) is 0 Å². The second kappa shape index (κ2) is 6.14. The van der Waals surface area contributed by atoms with Gasteiger partial charge in [-0.05, 0) is 49.9 Å². The number of carbonyl (C=O) groups is 4. The van der Waals surface area contributed by atoms with E-state index >= 15 is 0 Å². The van der Waals surface area contributed by atoms with Crippen molar-refractivity contribution >= 4 is 34.6 Å². The molecule has 0 unspecified atom stereocenters. The maximum Gasteiger partial charge on any atom is 0.336 e. The second-order valence-electron chi connectivity index (χ2n) is 5.97. The van der Waals surface area contributed by atoms with Crippen molar-refractivity contribution in [2.24, 2.45) is 0 Å². The third-order valence-electron chi connectivity index (χ3n) is 4.73. The van der Waals surface area contributed by atoms with E-state index in [1.807, 2.05) is 0 Å². The van der Waals surface area contributed by atoms with E-state index in [1.54, 1.807) is 0 Å². The third-order valence-corrected chi connectivity index (χ3v) is 4.73. The molecule has 2 aromatic carbocycles. The lowest BCUT2D eigenvalue weighted by molar-refractivity contribution is 0.0673. The highest BCUT2D eigenvalue weighted by molar-refractivity contribution is 6.24. The zero-order valence-corrected chi connectivity index (χ0v) is 14.4. The van der Waals surface area contributed by atoms with Crippen LogP contribution in [0, 0.1) is 27.7 Å². The van der Waals surface area contributed by atoms with Crippen molar-refractivity contribution in [3.05, 3.63) is 44.5 Å². The molecule has 8 heteroatoms. The molecule has 2 rings (SSSR count). The third kappa shape index (κ3) is 2.46. The molecule has 0 bridgehead atoms. The summed E-state index contributed by atoms with van der Waals surface area (Å²) in [5, 5.41) is 37.7. The van der Waals surface area contributed by atoms with Crippen LogP contribution in [0.1, 0.15) is 63.7 Å². The number of rotatable bonds is 4. The molecule has 4 N–H and O–H groups in total. The molecule has 0 heterocycles. The first-order valence-corrected chi connectivity index (χ1v) is 7.46. The Morgan fingerprint density at radius 3 is 0.731 bits per heavy atom. The second-order valence-corrected chi connectivity index (χ2v) is 5.97. The molecular weight excluding hydrogens is 344 g/mol. The molecule has 0 aliphatic heterocycles. The van der Waals surface area contributed by atoms with Crippen molar-refractivity contribution in [2.75, 3.05) is 0 Å². The van der Waals surface area contributed by atoms with Gasteiger partial charge < -0.3 is 20.4 Å². The highest BCUT2D eigenvalue weighted by Gasteiger charge is 2.32. The average Bonchev–Trinajstić information content (AvgIpc) is 2.49. The first-order valence-electron chi connectivity index (χ1n) is 7.46. The van der Waals surface area contributed by atoms with E-state index in [2.05, 4.69) is 0 Å². The molecule has 0 aliphatic rings. The molecule has 0 aromatic heterocycles. The van der Waals surface area contributed by atoms with Crippen LogP contribution in [0.15, 0.2) is 0 Å². The molecule has 0 amide bonds. The highest BCUT2D eigenvalue weighted by Crippen LogP contribution is 2.38. The Bertz CT molecular complexity index is 869. The summed E-state index contributed by atoms with van der Waals surface area (Å²) in [5.41, 5.74) is -1.35. The summed E-state index contributed by atoms with van der Waals surface area (Å²) in [5.74, 6) is -5.85. The molecule has 0 saturated carbocycles. The topological polar surface area (TPSA) is 149 Å². The van der Waals surface area contributed by atoms with Crippen LogP contribution in [0.2, 0.25) is 0 Å². The van der Waals surface area contributed by atoms with Crippen LogP contribution < -0.4 is 0 Å². The van der Waals surface area contributed by atoms with Gasteiger partial charge in [-0.25, -0.2) is 19.2 Å². The van der Waals surface area contributed by atoms with Gasteiger partial charge in [0.25, 0.3) is 0 Å². The van der Waals surface area contributed by atoms with Gasteiger partial charge in [-0.15, -0.1) is 0 Å². The number of carboxylic acids is 4. The minimum absolute atomic E-state index is 0.0736. The van der Waals surface area contributed by atoms with Gasteiger partial charge in [0, 0.05) is 10.8 Å². The maximum atomic E-state index is 11.8. The summed E-state index contributed by atoms with van der Waals surface area (Å²) in [6.45, 7) is 5.47. The van der Waals surface area contributed by atoms with Crippen molar-refractivity contribution < 1.29 is 39.6 Å². The van der Waals surface area contributed by atoms with E-state index in [9.17, 15) is 39.6 Å². The Morgan fingerprint density at radius 1 is 0.462 bits per heavy atom. The molecule has 8 nitrogen and oxygen atoms in total. The summed E-state index contributed by atoms with van der Waals surface area (Å²) < 4.78 is 0. The van der Waals surface area contributed by atoms with Gasteiger partial charge in [0.15, 0.2) is 0 Å².